The number of urea groups is 1. The third-order valence-corrected chi connectivity index (χ3v) is 5.31. The normalized spacial score (nSPS) is 11.1. The van der Waals surface area contributed by atoms with Gasteiger partial charge in [0.2, 0.25) is 0 Å². The van der Waals surface area contributed by atoms with Crippen LogP contribution in [0, 0.1) is 6.92 Å². The summed E-state index contributed by atoms with van der Waals surface area (Å²) in [5, 5.41) is 5.18. The molecule has 0 atom stereocenters. The Labute approximate surface area is 204 Å². The Bertz CT molecular complexity index is 1140. The summed E-state index contributed by atoms with van der Waals surface area (Å²) >= 11 is 5.99. The van der Waals surface area contributed by atoms with E-state index in [4.69, 9.17) is 16.4 Å². The topological polar surface area (TPSA) is 79.5 Å². The Morgan fingerprint density at radius 3 is 2.35 bits per heavy atom. The van der Waals surface area contributed by atoms with Crippen LogP contribution in [0.2, 0.25) is 5.02 Å². The molecule has 0 aliphatic heterocycles. The van der Waals surface area contributed by atoms with Crippen molar-refractivity contribution in [3.8, 4) is 0 Å². The van der Waals surface area contributed by atoms with Gasteiger partial charge in [-0.2, -0.15) is 0 Å². The second kappa shape index (κ2) is 12.6. The number of aryl methyl sites for hydroxylation is 1. The number of allylic oxidation sites excluding steroid dienone is 1. The number of carbonyl (C=O) groups is 2. The zero-order valence-corrected chi connectivity index (χ0v) is 20.0. The molecule has 0 spiro atoms. The van der Waals surface area contributed by atoms with Crippen molar-refractivity contribution in [3.05, 3.63) is 106 Å². The lowest BCUT2D eigenvalue weighted by Gasteiger charge is -2.13. The highest BCUT2D eigenvalue weighted by Gasteiger charge is 2.13. The van der Waals surface area contributed by atoms with Gasteiger partial charge in [-0.05, 0) is 48.7 Å². The van der Waals surface area contributed by atoms with Gasteiger partial charge in [0.25, 0.3) is 5.91 Å². The molecule has 0 unspecified atom stereocenters. The molecule has 0 bridgehead atoms. The summed E-state index contributed by atoms with van der Waals surface area (Å²) in [4.78, 5) is 30.1. The monoisotopic (exact) mass is 477 g/mol. The average molecular weight is 478 g/mol. The molecule has 3 N–H and O–H groups in total. The van der Waals surface area contributed by atoms with Gasteiger partial charge in [0.05, 0.1) is 22.9 Å². The number of carbonyl (C=O) groups excluding carboxylic acids is 2. The highest BCUT2D eigenvalue weighted by atomic mass is 35.5. The minimum Gasteiger partial charge on any atom is -0.308 e. The van der Waals surface area contributed by atoms with Crippen molar-refractivity contribution in [1.82, 2.24) is 10.8 Å². The molecule has 0 saturated heterocycles. The molecule has 3 amide bonds. The fourth-order valence-electron chi connectivity index (χ4n) is 3.10. The number of benzene rings is 3. The molecule has 0 heterocycles. The van der Waals surface area contributed by atoms with Gasteiger partial charge >= 0.3 is 6.03 Å². The van der Waals surface area contributed by atoms with E-state index in [1.165, 1.54) is 5.56 Å². The fraction of sp³-hybridized carbons (Fsp3) is 0.185. The highest BCUT2D eigenvalue weighted by Crippen LogP contribution is 2.16. The van der Waals surface area contributed by atoms with E-state index < -0.39 is 11.9 Å². The standard InChI is InChI=1S/C27H28ClN3O3/c1-3-4-9-25(21-14-10-19(2)11-15-21)31-34-18-20-12-16-22(17-13-20)29-27(33)30-26(32)23-7-5-6-8-24(23)28/h5-17,31H,3-4,18H2,1-2H3,(H2,29,30,32,33). The van der Waals surface area contributed by atoms with E-state index in [0.29, 0.717) is 12.3 Å². The van der Waals surface area contributed by atoms with Crippen LogP contribution in [-0.2, 0) is 11.4 Å². The molecule has 0 saturated carbocycles. The third kappa shape index (κ3) is 7.47. The number of hydroxylamine groups is 1. The second-order valence-electron chi connectivity index (χ2n) is 7.75. The fourth-order valence-corrected chi connectivity index (χ4v) is 3.32. The largest absolute Gasteiger partial charge is 0.326 e. The zero-order chi connectivity index (χ0) is 24.3. The molecular weight excluding hydrogens is 450 g/mol. The molecule has 0 fully saturated rings. The van der Waals surface area contributed by atoms with Crippen LogP contribution >= 0.6 is 11.6 Å². The Morgan fingerprint density at radius 2 is 1.68 bits per heavy atom. The van der Waals surface area contributed by atoms with Crippen molar-refractivity contribution in [2.45, 2.75) is 33.3 Å². The number of amides is 3. The second-order valence-corrected chi connectivity index (χ2v) is 8.16. The Balaban J connectivity index is 1.51. The number of unbranched alkanes of at least 4 members (excludes halogenated alkanes) is 1. The molecule has 3 aromatic carbocycles. The van der Waals surface area contributed by atoms with Gasteiger partial charge < -0.3 is 5.32 Å². The maximum atomic E-state index is 12.2. The van der Waals surface area contributed by atoms with E-state index in [2.05, 4.69) is 60.3 Å². The number of imide groups is 1. The molecule has 0 aromatic heterocycles. The maximum absolute atomic E-state index is 12.2. The van der Waals surface area contributed by atoms with Gasteiger partial charge in [0.15, 0.2) is 0 Å². The van der Waals surface area contributed by atoms with Crippen LogP contribution in [0.25, 0.3) is 5.70 Å². The van der Waals surface area contributed by atoms with Crippen LogP contribution in [0.15, 0.2) is 78.9 Å². The summed E-state index contributed by atoms with van der Waals surface area (Å²) in [6.07, 6.45) is 4.12. The number of hydrogen-bond acceptors (Lipinski definition) is 4. The molecule has 176 valence electrons. The molecule has 34 heavy (non-hydrogen) atoms. The van der Waals surface area contributed by atoms with Crippen LogP contribution in [0.1, 0.15) is 46.8 Å². The lowest BCUT2D eigenvalue weighted by molar-refractivity contribution is 0.0645. The molecule has 3 aromatic rings. The number of anilines is 1. The number of hydrogen-bond donors (Lipinski definition) is 3. The third-order valence-electron chi connectivity index (χ3n) is 4.98. The van der Waals surface area contributed by atoms with E-state index >= 15 is 0 Å². The first-order valence-electron chi connectivity index (χ1n) is 11.1. The van der Waals surface area contributed by atoms with E-state index in [1.54, 1.807) is 36.4 Å². The van der Waals surface area contributed by atoms with Crippen LogP contribution in [-0.4, -0.2) is 11.9 Å². The smallest absolute Gasteiger partial charge is 0.308 e. The van der Waals surface area contributed by atoms with Crippen LogP contribution in [0.3, 0.4) is 0 Å². The van der Waals surface area contributed by atoms with E-state index in [0.717, 1.165) is 29.7 Å². The summed E-state index contributed by atoms with van der Waals surface area (Å²) in [5.74, 6) is -0.570. The average Bonchev–Trinajstić information content (AvgIpc) is 2.83. The molecule has 0 aliphatic rings. The van der Waals surface area contributed by atoms with Crippen molar-refractivity contribution >= 4 is 34.9 Å². The minimum atomic E-state index is -0.639. The van der Waals surface area contributed by atoms with Gasteiger partial charge in [0, 0.05) is 5.69 Å². The predicted molar refractivity (Wildman–Crippen MR) is 136 cm³/mol. The summed E-state index contributed by atoms with van der Waals surface area (Å²) in [5.41, 5.74) is 7.96. The summed E-state index contributed by atoms with van der Waals surface area (Å²) in [6, 6.07) is 21.3. The quantitative estimate of drug-likeness (QED) is 0.308. The minimum absolute atomic E-state index is 0.234. The lowest BCUT2D eigenvalue weighted by atomic mass is 10.1. The van der Waals surface area contributed by atoms with Gasteiger partial charge in [-0.15, -0.1) is 0 Å². The molecular formula is C27H28ClN3O3. The summed E-state index contributed by atoms with van der Waals surface area (Å²) < 4.78 is 0. The van der Waals surface area contributed by atoms with Gasteiger partial charge in [-0.1, -0.05) is 85.1 Å². The highest BCUT2D eigenvalue weighted by molar-refractivity contribution is 6.34. The molecule has 6 nitrogen and oxygen atoms in total. The van der Waals surface area contributed by atoms with Crippen molar-refractivity contribution in [1.29, 1.82) is 0 Å². The van der Waals surface area contributed by atoms with E-state index in [-0.39, 0.29) is 10.6 Å². The maximum Gasteiger partial charge on any atom is 0.326 e. The number of rotatable bonds is 9. The van der Waals surface area contributed by atoms with Crippen molar-refractivity contribution in [2.75, 3.05) is 5.32 Å². The predicted octanol–water partition coefficient (Wildman–Crippen LogP) is 6.47. The SMILES string of the molecule is CCCC=C(NOCc1ccc(NC(=O)NC(=O)c2ccccc2Cl)cc1)c1ccc(C)cc1. The van der Waals surface area contributed by atoms with Crippen LogP contribution < -0.4 is 16.1 Å². The number of halogens is 1. The Kier molecular flexibility index (Phi) is 9.26. The number of nitrogens with one attached hydrogen (secondary N) is 3. The van der Waals surface area contributed by atoms with Gasteiger partial charge in [0.1, 0.15) is 0 Å². The Morgan fingerprint density at radius 1 is 0.971 bits per heavy atom. The van der Waals surface area contributed by atoms with E-state index in [9.17, 15) is 9.59 Å². The lowest BCUT2D eigenvalue weighted by Crippen LogP contribution is -2.34. The van der Waals surface area contributed by atoms with Gasteiger partial charge in [-0.25, -0.2) is 4.79 Å². The first-order chi connectivity index (χ1) is 16.5. The van der Waals surface area contributed by atoms with Crippen molar-refractivity contribution in [2.24, 2.45) is 0 Å². The van der Waals surface area contributed by atoms with Crippen LogP contribution in [0.4, 0.5) is 10.5 Å². The summed E-state index contributed by atoms with van der Waals surface area (Å²) in [7, 11) is 0. The van der Waals surface area contributed by atoms with Crippen LogP contribution in [0.5, 0.6) is 0 Å². The zero-order valence-electron chi connectivity index (χ0n) is 19.2. The molecule has 0 aliphatic carbocycles. The van der Waals surface area contributed by atoms with Gasteiger partial charge in [-0.3, -0.25) is 20.4 Å². The first kappa shape index (κ1) is 25.0. The van der Waals surface area contributed by atoms with Crippen molar-refractivity contribution < 1.29 is 14.4 Å². The van der Waals surface area contributed by atoms with Crippen molar-refractivity contribution in [3.63, 3.8) is 0 Å². The molecule has 7 heteroatoms. The van der Waals surface area contributed by atoms with E-state index in [1.807, 2.05) is 12.1 Å². The first-order valence-corrected chi connectivity index (χ1v) is 11.4. The Hall–Kier alpha value is -3.61. The molecule has 3 rings (SSSR count). The summed E-state index contributed by atoms with van der Waals surface area (Å²) in [6.45, 7) is 4.53. The molecule has 0 radical (unpaired) electrons.